The SMILES string of the molecule is O=Nc1nc(N2CCOCC2)ccc1NO. The van der Waals surface area contributed by atoms with Gasteiger partial charge in [0.15, 0.2) is 0 Å². The Hall–Kier alpha value is -1.73. The van der Waals surface area contributed by atoms with Crippen LogP contribution in [0.15, 0.2) is 17.3 Å². The van der Waals surface area contributed by atoms with Crippen LogP contribution in [0, 0.1) is 4.91 Å². The molecule has 0 spiro atoms. The molecular weight excluding hydrogens is 212 g/mol. The van der Waals surface area contributed by atoms with E-state index in [1.807, 2.05) is 10.4 Å². The number of morpholine rings is 1. The first kappa shape index (κ1) is 10.8. The fourth-order valence-corrected chi connectivity index (χ4v) is 1.56. The minimum atomic E-state index is -0.0495. The van der Waals surface area contributed by atoms with Crippen LogP contribution in [-0.4, -0.2) is 36.5 Å². The van der Waals surface area contributed by atoms with E-state index in [0.717, 1.165) is 13.1 Å². The molecule has 2 heterocycles. The van der Waals surface area contributed by atoms with Crippen molar-refractivity contribution in [3.8, 4) is 0 Å². The van der Waals surface area contributed by atoms with Crippen molar-refractivity contribution in [3.63, 3.8) is 0 Å². The quantitative estimate of drug-likeness (QED) is 0.591. The lowest BCUT2D eigenvalue weighted by atomic mass is 10.3. The molecule has 7 nitrogen and oxygen atoms in total. The number of nitroso groups, excluding NO2 is 1. The molecule has 0 aliphatic carbocycles. The summed E-state index contributed by atoms with van der Waals surface area (Å²) >= 11 is 0. The maximum atomic E-state index is 10.5. The lowest BCUT2D eigenvalue weighted by Crippen LogP contribution is -2.36. The smallest absolute Gasteiger partial charge is 0.224 e. The minimum Gasteiger partial charge on any atom is -0.378 e. The van der Waals surface area contributed by atoms with E-state index in [1.165, 1.54) is 0 Å². The highest BCUT2D eigenvalue weighted by molar-refractivity contribution is 5.63. The molecule has 1 saturated heterocycles. The van der Waals surface area contributed by atoms with Crippen molar-refractivity contribution in [1.29, 1.82) is 0 Å². The summed E-state index contributed by atoms with van der Waals surface area (Å²) < 4.78 is 5.22. The maximum absolute atomic E-state index is 10.5. The number of ether oxygens (including phenoxy) is 1. The third-order valence-electron chi connectivity index (χ3n) is 2.40. The van der Waals surface area contributed by atoms with Crippen molar-refractivity contribution in [2.75, 3.05) is 36.7 Å². The molecule has 2 N–H and O–H groups in total. The Morgan fingerprint density at radius 3 is 2.81 bits per heavy atom. The van der Waals surface area contributed by atoms with E-state index in [-0.39, 0.29) is 11.5 Å². The van der Waals surface area contributed by atoms with Gasteiger partial charge in [-0.15, -0.1) is 4.91 Å². The van der Waals surface area contributed by atoms with E-state index in [2.05, 4.69) is 10.2 Å². The summed E-state index contributed by atoms with van der Waals surface area (Å²) in [6, 6.07) is 3.28. The maximum Gasteiger partial charge on any atom is 0.224 e. The molecule has 2 rings (SSSR count). The molecule has 0 aromatic carbocycles. The monoisotopic (exact) mass is 224 g/mol. The minimum absolute atomic E-state index is 0.0495. The molecule has 0 saturated carbocycles. The summed E-state index contributed by atoms with van der Waals surface area (Å²) in [5.41, 5.74) is 2.08. The van der Waals surface area contributed by atoms with Gasteiger partial charge in [-0.2, -0.15) is 0 Å². The molecule has 1 aromatic heterocycles. The largest absolute Gasteiger partial charge is 0.378 e. The van der Waals surface area contributed by atoms with Gasteiger partial charge >= 0.3 is 0 Å². The Labute approximate surface area is 92.0 Å². The van der Waals surface area contributed by atoms with Crippen molar-refractivity contribution >= 4 is 17.3 Å². The first-order chi connectivity index (χ1) is 7.85. The van der Waals surface area contributed by atoms with Gasteiger partial charge in [-0.3, -0.25) is 10.7 Å². The van der Waals surface area contributed by atoms with E-state index in [0.29, 0.717) is 19.0 Å². The van der Waals surface area contributed by atoms with Crippen molar-refractivity contribution in [1.82, 2.24) is 4.98 Å². The predicted octanol–water partition coefficient (Wildman–Crippen LogP) is 1.12. The van der Waals surface area contributed by atoms with Crippen LogP contribution < -0.4 is 10.4 Å². The summed E-state index contributed by atoms with van der Waals surface area (Å²) in [6.07, 6.45) is 0. The fourth-order valence-electron chi connectivity index (χ4n) is 1.56. The number of anilines is 2. The van der Waals surface area contributed by atoms with Crippen molar-refractivity contribution < 1.29 is 9.94 Å². The van der Waals surface area contributed by atoms with Gasteiger partial charge in [-0.1, -0.05) is 0 Å². The number of nitrogens with one attached hydrogen (secondary N) is 1. The van der Waals surface area contributed by atoms with Crippen LogP contribution in [0.25, 0.3) is 0 Å². The van der Waals surface area contributed by atoms with Gasteiger partial charge in [0.25, 0.3) is 0 Å². The predicted molar refractivity (Wildman–Crippen MR) is 58.1 cm³/mol. The van der Waals surface area contributed by atoms with Crippen LogP contribution >= 0.6 is 0 Å². The third kappa shape index (κ3) is 2.10. The number of aromatic nitrogens is 1. The van der Waals surface area contributed by atoms with Crippen molar-refractivity contribution in [2.45, 2.75) is 0 Å². The number of rotatable bonds is 3. The topological polar surface area (TPSA) is 87.1 Å². The zero-order chi connectivity index (χ0) is 11.4. The Balaban J connectivity index is 2.24. The summed E-state index contributed by atoms with van der Waals surface area (Å²) in [7, 11) is 0. The number of hydrogen-bond acceptors (Lipinski definition) is 7. The summed E-state index contributed by atoms with van der Waals surface area (Å²) in [6.45, 7) is 2.76. The molecule has 16 heavy (non-hydrogen) atoms. The first-order valence-electron chi connectivity index (χ1n) is 4.92. The van der Waals surface area contributed by atoms with Crippen LogP contribution in [0.3, 0.4) is 0 Å². The summed E-state index contributed by atoms with van der Waals surface area (Å²) in [5.74, 6) is 0.614. The molecule has 86 valence electrons. The highest BCUT2D eigenvalue weighted by Crippen LogP contribution is 2.25. The highest BCUT2D eigenvalue weighted by Gasteiger charge is 2.14. The molecule has 1 aliphatic rings. The van der Waals surface area contributed by atoms with E-state index >= 15 is 0 Å². The van der Waals surface area contributed by atoms with E-state index in [4.69, 9.17) is 9.94 Å². The van der Waals surface area contributed by atoms with Gasteiger partial charge in [-0.25, -0.2) is 4.98 Å². The average Bonchev–Trinajstić information content (AvgIpc) is 2.39. The zero-order valence-electron chi connectivity index (χ0n) is 8.59. The first-order valence-corrected chi connectivity index (χ1v) is 4.92. The van der Waals surface area contributed by atoms with E-state index in [9.17, 15) is 4.91 Å². The molecule has 7 heteroatoms. The standard InChI is InChI=1S/C9H12N4O3/c14-11-7-1-2-8(10-9(7)12-15)13-3-5-16-6-4-13/h1-2,11,14H,3-6H2. The Morgan fingerprint density at radius 2 is 2.19 bits per heavy atom. The number of nitrogens with zero attached hydrogens (tertiary/aromatic N) is 3. The third-order valence-corrected chi connectivity index (χ3v) is 2.40. The second-order valence-corrected chi connectivity index (χ2v) is 3.34. The van der Waals surface area contributed by atoms with E-state index < -0.39 is 0 Å². The second-order valence-electron chi connectivity index (χ2n) is 3.34. The van der Waals surface area contributed by atoms with Crippen LogP contribution in [0.5, 0.6) is 0 Å². The van der Waals surface area contributed by atoms with Crippen molar-refractivity contribution in [3.05, 3.63) is 17.0 Å². The van der Waals surface area contributed by atoms with Crippen LogP contribution in [-0.2, 0) is 4.74 Å². The molecule has 1 aromatic rings. The highest BCUT2D eigenvalue weighted by atomic mass is 16.5. The van der Waals surface area contributed by atoms with Crippen LogP contribution in [0.1, 0.15) is 0 Å². The second kappa shape index (κ2) is 4.86. The van der Waals surface area contributed by atoms with Crippen LogP contribution in [0.4, 0.5) is 17.3 Å². The van der Waals surface area contributed by atoms with Gasteiger partial charge in [0.05, 0.1) is 13.2 Å². The summed E-state index contributed by atoms with van der Waals surface area (Å²) in [4.78, 5) is 16.6. The average molecular weight is 224 g/mol. The lowest BCUT2D eigenvalue weighted by molar-refractivity contribution is 0.122. The summed E-state index contributed by atoms with van der Waals surface area (Å²) in [5, 5.41) is 11.5. The molecule has 0 radical (unpaired) electrons. The van der Waals surface area contributed by atoms with E-state index in [1.54, 1.807) is 12.1 Å². The Bertz CT molecular complexity index is 379. The van der Waals surface area contributed by atoms with Gasteiger partial charge in [-0.05, 0) is 17.3 Å². The van der Waals surface area contributed by atoms with Gasteiger partial charge in [0.2, 0.25) is 5.82 Å². The van der Waals surface area contributed by atoms with Gasteiger partial charge < -0.3 is 9.64 Å². The van der Waals surface area contributed by atoms with Gasteiger partial charge in [0.1, 0.15) is 11.5 Å². The number of pyridine rings is 1. The molecule has 0 amide bonds. The fraction of sp³-hybridized carbons (Fsp3) is 0.444. The lowest BCUT2D eigenvalue weighted by Gasteiger charge is -2.27. The van der Waals surface area contributed by atoms with Gasteiger partial charge in [0, 0.05) is 13.1 Å². The Kier molecular flexibility index (Phi) is 3.28. The molecule has 0 atom stereocenters. The zero-order valence-corrected chi connectivity index (χ0v) is 8.59. The molecule has 1 fully saturated rings. The molecular formula is C9H12N4O3. The number of hydrogen-bond donors (Lipinski definition) is 2. The van der Waals surface area contributed by atoms with Crippen LogP contribution in [0.2, 0.25) is 0 Å². The molecule has 0 unspecified atom stereocenters. The normalized spacial score (nSPS) is 15.9. The van der Waals surface area contributed by atoms with Crippen molar-refractivity contribution in [2.24, 2.45) is 5.18 Å². The molecule has 1 aliphatic heterocycles. The molecule has 0 bridgehead atoms. The Morgan fingerprint density at radius 1 is 1.44 bits per heavy atom.